The summed E-state index contributed by atoms with van der Waals surface area (Å²) in [5.41, 5.74) is 2.95. The Morgan fingerprint density at radius 2 is 2.22 bits per heavy atom. The molecule has 2 rings (SSSR count). The SMILES string of the molecule is C=CCNC(=O)c1cc2c(C)nn(C)c2nc1C. The van der Waals surface area contributed by atoms with Crippen LogP contribution in [0.25, 0.3) is 11.0 Å². The molecule has 2 heterocycles. The molecule has 0 aromatic carbocycles. The van der Waals surface area contributed by atoms with Gasteiger partial charge in [-0.15, -0.1) is 6.58 Å². The van der Waals surface area contributed by atoms with E-state index in [1.165, 1.54) is 0 Å². The zero-order valence-electron chi connectivity index (χ0n) is 10.8. The lowest BCUT2D eigenvalue weighted by Gasteiger charge is -2.06. The third-order valence-electron chi connectivity index (χ3n) is 2.84. The molecule has 5 nitrogen and oxygen atoms in total. The first-order chi connectivity index (χ1) is 8.54. The number of carbonyl (C=O) groups excluding carboxylic acids is 1. The molecule has 0 bridgehead atoms. The number of aryl methyl sites for hydroxylation is 3. The molecular weight excluding hydrogens is 228 g/mol. The van der Waals surface area contributed by atoms with Crippen LogP contribution >= 0.6 is 0 Å². The predicted octanol–water partition coefficient (Wildman–Crippen LogP) is 1.50. The van der Waals surface area contributed by atoms with Crippen molar-refractivity contribution in [2.45, 2.75) is 13.8 Å². The van der Waals surface area contributed by atoms with Crippen LogP contribution in [-0.2, 0) is 7.05 Å². The Bertz CT molecular complexity index is 627. The second kappa shape index (κ2) is 4.60. The highest BCUT2D eigenvalue weighted by Gasteiger charge is 2.14. The van der Waals surface area contributed by atoms with Crippen molar-refractivity contribution in [2.75, 3.05) is 6.54 Å². The molecule has 0 spiro atoms. The number of rotatable bonds is 3. The number of aromatic nitrogens is 3. The Kier molecular flexibility index (Phi) is 3.14. The maximum atomic E-state index is 12.0. The Morgan fingerprint density at radius 3 is 2.89 bits per heavy atom. The first kappa shape index (κ1) is 12.3. The fourth-order valence-corrected chi connectivity index (χ4v) is 1.92. The van der Waals surface area contributed by atoms with E-state index in [0.717, 1.165) is 16.7 Å². The molecule has 0 unspecified atom stereocenters. The Balaban J connectivity index is 2.52. The Hall–Kier alpha value is -2.17. The number of hydrogen-bond donors (Lipinski definition) is 1. The van der Waals surface area contributed by atoms with Crippen LogP contribution in [-0.4, -0.2) is 27.2 Å². The highest BCUT2D eigenvalue weighted by Crippen LogP contribution is 2.19. The molecule has 0 saturated heterocycles. The van der Waals surface area contributed by atoms with Crippen LogP contribution in [0, 0.1) is 13.8 Å². The molecule has 5 heteroatoms. The summed E-state index contributed by atoms with van der Waals surface area (Å²) in [5.74, 6) is -0.134. The van der Waals surface area contributed by atoms with Gasteiger partial charge in [0.15, 0.2) is 5.65 Å². The van der Waals surface area contributed by atoms with E-state index in [1.807, 2.05) is 27.0 Å². The largest absolute Gasteiger partial charge is 0.349 e. The second-order valence-corrected chi connectivity index (χ2v) is 4.20. The Labute approximate surface area is 106 Å². The summed E-state index contributed by atoms with van der Waals surface area (Å²) in [4.78, 5) is 16.4. The fourth-order valence-electron chi connectivity index (χ4n) is 1.92. The van der Waals surface area contributed by atoms with Crippen LogP contribution < -0.4 is 5.32 Å². The number of fused-ring (bicyclic) bond motifs is 1. The van der Waals surface area contributed by atoms with E-state index in [-0.39, 0.29) is 5.91 Å². The molecule has 2 aromatic heterocycles. The number of hydrogen-bond acceptors (Lipinski definition) is 3. The number of pyridine rings is 1. The maximum Gasteiger partial charge on any atom is 0.253 e. The van der Waals surface area contributed by atoms with E-state index in [2.05, 4.69) is 22.0 Å². The van der Waals surface area contributed by atoms with Crippen molar-refractivity contribution in [3.63, 3.8) is 0 Å². The van der Waals surface area contributed by atoms with Gasteiger partial charge >= 0.3 is 0 Å². The molecule has 0 aliphatic carbocycles. The molecule has 0 radical (unpaired) electrons. The smallest absolute Gasteiger partial charge is 0.253 e. The molecule has 1 amide bonds. The summed E-state index contributed by atoms with van der Waals surface area (Å²) in [6, 6.07) is 1.85. The molecule has 18 heavy (non-hydrogen) atoms. The zero-order valence-corrected chi connectivity index (χ0v) is 10.8. The van der Waals surface area contributed by atoms with Gasteiger partial charge in [-0.3, -0.25) is 9.48 Å². The van der Waals surface area contributed by atoms with Crippen molar-refractivity contribution in [3.8, 4) is 0 Å². The van der Waals surface area contributed by atoms with Crippen LogP contribution in [0.1, 0.15) is 21.7 Å². The molecule has 0 fully saturated rings. The standard InChI is InChI=1S/C13H16N4O/c1-5-6-14-13(18)11-7-10-9(3)16-17(4)12(10)15-8(11)2/h5,7H,1,6H2,2-4H3,(H,14,18). The first-order valence-electron chi connectivity index (χ1n) is 5.74. The van der Waals surface area contributed by atoms with Gasteiger partial charge < -0.3 is 5.32 Å². The topological polar surface area (TPSA) is 59.8 Å². The maximum absolute atomic E-state index is 12.0. The highest BCUT2D eigenvalue weighted by molar-refractivity contribution is 5.98. The van der Waals surface area contributed by atoms with E-state index in [4.69, 9.17) is 0 Å². The van der Waals surface area contributed by atoms with Crippen molar-refractivity contribution < 1.29 is 4.79 Å². The number of nitrogens with one attached hydrogen (secondary N) is 1. The average Bonchev–Trinajstić information content (AvgIpc) is 2.60. The van der Waals surface area contributed by atoms with Crippen LogP contribution in [0.2, 0.25) is 0 Å². The normalized spacial score (nSPS) is 10.6. The fraction of sp³-hybridized carbons (Fsp3) is 0.308. The van der Waals surface area contributed by atoms with Gasteiger partial charge in [-0.2, -0.15) is 5.10 Å². The van der Waals surface area contributed by atoms with Crippen LogP contribution in [0.4, 0.5) is 0 Å². The third kappa shape index (κ3) is 1.99. The minimum absolute atomic E-state index is 0.134. The minimum Gasteiger partial charge on any atom is -0.349 e. The first-order valence-corrected chi connectivity index (χ1v) is 5.74. The lowest BCUT2D eigenvalue weighted by molar-refractivity contribution is 0.0957. The number of amides is 1. The zero-order chi connectivity index (χ0) is 13.3. The van der Waals surface area contributed by atoms with E-state index in [0.29, 0.717) is 17.8 Å². The van der Waals surface area contributed by atoms with Gasteiger partial charge in [0.05, 0.1) is 17.0 Å². The summed E-state index contributed by atoms with van der Waals surface area (Å²) < 4.78 is 1.73. The van der Waals surface area contributed by atoms with E-state index in [9.17, 15) is 4.79 Å². The van der Waals surface area contributed by atoms with Crippen LogP contribution in [0.15, 0.2) is 18.7 Å². The lowest BCUT2D eigenvalue weighted by atomic mass is 10.1. The molecule has 0 atom stereocenters. The predicted molar refractivity (Wildman–Crippen MR) is 70.5 cm³/mol. The van der Waals surface area contributed by atoms with Gasteiger partial charge in [0.1, 0.15) is 0 Å². The highest BCUT2D eigenvalue weighted by atomic mass is 16.1. The summed E-state index contributed by atoms with van der Waals surface area (Å²) in [7, 11) is 1.85. The molecule has 0 aliphatic rings. The number of nitrogens with zero attached hydrogens (tertiary/aromatic N) is 3. The quantitative estimate of drug-likeness (QED) is 0.832. The summed E-state index contributed by atoms with van der Waals surface area (Å²) in [5, 5.41) is 7.97. The van der Waals surface area contributed by atoms with Gasteiger partial charge in [-0.1, -0.05) is 6.08 Å². The van der Waals surface area contributed by atoms with Gasteiger partial charge in [-0.25, -0.2) is 4.98 Å². The molecule has 0 saturated carbocycles. The molecule has 0 aliphatic heterocycles. The summed E-state index contributed by atoms with van der Waals surface area (Å²) in [6.45, 7) is 7.75. The van der Waals surface area contributed by atoms with Gasteiger partial charge in [-0.05, 0) is 19.9 Å². The van der Waals surface area contributed by atoms with Gasteiger partial charge in [0, 0.05) is 19.0 Å². The van der Waals surface area contributed by atoms with Crippen molar-refractivity contribution in [1.29, 1.82) is 0 Å². The lowest BCUT2D eigenvalue weighted by Crippen LogP contribution is -2.24. The van der Waals surface area contributed by atoms with Crippen molar-refractivity contribution in [3.05, 3.63) is 35.7 Å². The number of carbonyl (C=O) groups is 1. The summed E-state index contributed by atoms with van der Waals surface area (Å²) >= 11 is 0. The molecule has 2 aromatic rings. The minimum atomic E-state index is -0.134. The van der Waals surface area contributed by atoms with Crippen molar-refractivity contribution in [1.82, 2.24) is 20.1 Å². The summed E-state index contributed by atoms with van der Waals surface area (Å²) in [6.07, 6.45) is 1.65. The monoisotopic (exact) mass is 244 g/mol. The van der Waals surface area contributed by atoms with E-state index < -0.39 is 0 Å². The molecule has 1 N–H and O–H groups in total. The third-order valence-corrected chi connectivity index (χ3v) is 2.84. The van der Waals surface area contributed by atoms with E-state index >= 15 is 0 Å². The molecular formula is C13H16N4O. The average molecular weight is 244 g/mol. The Morgan fingerprint density at radius 1 is 1.50 bits per heavy atom. The van der Waals surface area contributed by atoms with Crippen LogP contribution in [0.5, 0.6) is 0 Å². The van der Waals surface area contributed by atoms with Gasteiger partial charge in [0.2, 0.25) is 0 Å². The van der Waals surface area contributed by atoms with Crippen LogP contribution in [0.3, 0.4) is 0 Å². The van der Waals surface area contributed by atoms with E-state index in [1.54, 1.807) is 10.8 Å². The molecule has 94 valence electrons. The van der Waals surface area contributed by atoms with Crippen molar-refractivity contribution >= 4 is 16.9 Å². The van der Waals surface area contributed by atoms with Crippen molar-refractivity contribution in [2.24, 2.45) is 7.05 Å². The van der Waals surface area contributed by atoms with Gasteiger partial charge in [0.25, 0.3) is 5.91 Å². The second-order valence-electron chi connectivity index (χ2n) is 4.20.